The number of imide groups is 1. The summed E-state index contributed by atoms with van der Waals surface area (Å²) in [7, 11) is 0. The zero-order valence-electron chi connectivity index (χ0n) is 22.9. The lowest BCUT2D eigenvalue weighted by atomic mass is 9.54. The van der Waals surface area contributed by atoms with E-state index in [0.717, 1.165) is 44.0 Å². The summed E-state index contributed by atoms with van der Waals surface area (Å²) >= 11 is 14.9. The Morgan fingerprint density at radius 1 is 0.762 bits per heavy atom. The van der Waals surface area contributed by atoms with E-state index in [1.54, 1.807) is 24.3 Å². The van der Waals surface area contributed by atoms with E-state index in [2.05, 4.69) is 5.32 Å². The van der Waals surface area contributed by atoms with E-state index in [-0.39, 0.29) is 0 Å². The standard InChI is InChI=1S/C34H26Cl2N2O4/c1-19-8-7-13-27(20(19)2)42-22-16-14-21(15-17-22)37-28(39)18-38-31(40)29-30(32(38)41)34(36)24-10-4-3-9-23(24)33(29,35)25-11-5-6-12-26(25)34/h3-17,29-30H,18H2,1-2H3,(H,37,39)/t29-,30-,33?,34?/m0/s1. The average molecular weight is 597 g/mol. The number of carbonyl (C=O) groups excluding carboxylic acids is 3. The normalized spacial score (nSPS) is 25.1. The number of anilines is 1. The molecule has 210 valence electrons. The van der Waals surface area contributed by atoms with E-state index >= 15 is 0 Å². The van der Waals surface area contributed by atoms with E-state index in [1.165, 1.54) is 0 Å². The van der Waals surface area contributed by atoms with Gasteiger partial charge in [0.05, 0.1) is 11.8 Å². The molecule has 0 unspecified atom stereocenters. The second-order valence-electron chi connectivity index (χ2n) is 11.1. The number of likely N-dealkylation sites (tertiary alicyclic amines) is 1. The molecule has 4 aromatic carbocycles. The van der Waals surface area contributed by atoms with Crippen LogP contribution in [0.3, 0.4) is 0 Å². The number of alkyl halides is 2. The van der Waals surface area contributed by atoms with Crippen LogP contribution in [-0.2, 0) is 24.1 Å². The molecule has 0 spiro atoms. The molecule has 3 aliphatic carbocycles. The monoisotopic (exact) mass is 596 g/mol. The zero-order chi connectivity index (χ0) is 29.4. The minimum Gasteiger partial charge on any atom is -0.457 e. The van der Waals surface area contributed by atoms with Crippen LogP contribution in [0.4, 0.5) is 5.69 Å². The Morgan fingerprint density at radius 3 is 1.76 bits per heavy atom. The lowest BCUT2D eigenvalue weighted by Crippen LogP contribution is -2.57. The van der Waals surface area contributed by atoms with Gasteiger partial charge in [-0.1, -0.05) is 60.7 Å². The van der Waals surface area contributed by atoms with Gasteiger partial charge in [-0.3, -0.25) is 19.3 Å². The van der Waals surface area contributed by atoms with E-state index in [0.29, 0.717) is 11.4 Å². The highest BCUT2D eigenvalue weighted by Gasteiger charge is 2.73. The Bertz CT molecular complexity index is 1680. The van der Waals surface area contributed by atoms with Gasteiger partial charge in [-0.05, 0) is 77.6 Å². The lowest BCUT2D eigenvalue weighted by Gasteiger charge is -2.54. The smallest absolute Gasteiger partial charge is 0.244 e. The predicted molar refractivity (Wildman–Crippen MR) is 161 cm³/mol. The van der Waals surface area contributed by atoms with Gasteiger partial charge in [0.15, 0.2) is 0 Å². The van der Waals surface area contributed by atoms with Crippen LogP contribution in [0, 0.1) is 25.7 Å². The van der Waals surface area contributed by atoms with Gasteiger partial charge in [-0.25, -0.2) is 0 Å². The van der Waals surface area contributed by atoms with Crippen molar-refractivity contribution in [2.75, 3.05) is 11.9 Å². The van der Waals surface area contributed by atoms with Crippen molar-refractivity contribution in [1.29, 1.82) is 0 Å². The highest BCUT2D eigenvalue weighted by molar-refractivity contribution is 6.36. The van der Waals surface area contributed by atoms with Gasteiger partial charge < -0.3 is 10.1 Å². The van der Waals surface area contributed by atoms with Gasteiger partial charge in [-0.2, -0.15) is 0 Å². The molecule has 1 N–H and O–H groups in total. The van der Waals surface area contributed by atoms with Gasteiger partial charge in [0.2, 0.25) is 17.7 Å². The Labute approximate surface area is 253 Å². The minimum absolute atomic E-state index is 0.446. The highest BCUT2D eigenvalue weighted by atomic mass is 35.5. The Hall–Kier alpha value is -4.13. The first kappa shape index (κ1) is 26.7. The third kappa shape index (κ3) is 3.61. The molecule has 0 saturated carbocycles. The molecule has 1 saturated heterocycles. The van der Waals surface area contributed by atoms with Crippen molar-refractivity contribution in [2.45, 2.75) is 23.6 Å². The summed E-state index contributed by atoms with van der Waals surface area (Å²) in [6, 6.07) is 27.7. The molecule has 2 bridgehead atoms. The topological polar surface area (TPSA) is 75.7 Å². The second-order valence-corrected chi connectivity index (χ2v) is 12.3. The van der Waals surface area contributed by atoms with E-state index in [9.17, 15) is 14.4 Å². The minimum atomic E-state index is -1.28. The quantitative estimate of drug-likeness (QED) is 0.207. The molecule has 1 fully saturated rings. The summed E-state index contributed by atoms with van der Waals surface area (Å²) in [6.07, 6.45) is 0. The van der Waals surface area contributed by atoms with E-state index in [1.807, 2.05) is 80.6 Å². The van der Waals surface area contributed by atoms with Crippen LogP contribution < -0.4 is 10.1 Å². The summed E-state index contributed by atoms with van der Waals surface area (Å²) in [5, 5.41) is 2.79. The van der Waals surface area contributed by atoms with Crippen molar-refractivity contribution < 1.29 is 19.1 Å². The molecular formula is C34H26Cl2N2O4. The summed E-state index contributed by atoms with van der Waals surface area (Å²) in [5.41, 5.74) is 5.56. The molecule has 4 aromatic rings. The van der Waals surface area contributed by atoms with Crippen molar-refractivity contribution in [1.82, 2.24) is 4.90 Å². The fourth-order valence-electron chi connectivity index (χ4n) is 6.79. The van der Waals surface area contributed by atoms with Crippen LogP contribution in [-0.4, -0.2) is 29.2 Å². The maximum absolute atomic E-state index is 13.9. The number of hydrogen-bond donors (Lipinski definition) is 1. The van der Waals surface area contributed by atoms with Crippen molar-refractivity contribution in [3.63, 3.8) is 0 Å². The predicted octanol–water partition coefficient (Wildman–Crippen LogP) is 6.63. The number of halogens is 2. The largest absolute Gasteiger partial charge is 0.457 e. The number of nitrogens with one attached hydrogen (secondary N) is 1. The number of aryl methyl sites for hydroxylation is 1. The van der Waals surface area contributed by atoms with Crippen molar-refractivity contribution in [3.8, 4) is 11.5 Å². The number of rotatable bonds is 5. The van der Waals surface area contributed by atoms with Crippen LogP contribution in [0.5, 0.6) is 11.5 Å². The molecule has 6 nitrogen and oxygen atoms in total. The molecule has 8 rings (SSSR count). The molecule has 0 radical (unpaired) electrons. The molecule has 0 aromatic heterocycles. The van der Waals surface area contributed by atoms with Crippen LogP contribution in [0.25, 0.3) is 0 Å². The molecule has 1 heterocycles. The maximum Gasteiger partial charge on any atom is 0.244 e. The van der Waals surface area contributed by atoms with Gasteiger partial charge in [0.1, 0.15) is 27.8 Å². The van der Waals surface area contributed by atoms with Crippen molar-refractivity contribution >= 4 is 46.6 Å². The van der Waals surface area contributed by atoms with E-state index in [4.69, 9.17) is 27.9 Å². The molecule has 8 heteroatoms. The number of nitrogens with zero attached hydrogens (tertiary/aromatic N) is 1. The first-order valence-corrected chi connectivity index (χ1v) is 14.5. The number of ether oxygens (including phenoxy) is 1. The average Bonchev–Trinajstić information content (AvgIpc) is 3.25. The molecular weight excluding hydrogens is 571 g/mol. The third-order valence-corrected chi connectivity index (χ3v) is 10.2. The Morgan fingerprint density at radius 2 is 1.26 bits per heavy atom. The lowest BCUT2D eigenvalue weighted by molar-refractivity contribution is -0.142. The van der Waals surface area contributed by atoms with Crippen LogP contribution >= 0.6 is 23.2 Å². The number of amides is 3. The maximum atomic E-state index is 13.9. The first-order chi connectivity index (χ1) is 20.2. The van der Waals surface area contributed by atoms with Gasteiger partial charge in [0.25, 0.3) is 0 Å². The van der Waals surface area contributed by atoms with Crippen molar-refractivity contribution in [2.24, 2.45) is 11.8 Å². The number of benzene rings is 4. The molecule has 4 aliphatic rings. The number of carbonyl (C=O) groups is 3. The molecule has 3 amide bonds. The van der Waals surface area contributed by atoms with Crippen molar-refractivity contribution in [3.05, 3.63) is 124 Å². The summed E-state index contributed by atoms with van der Waals surface area (Å²) < 4.78 is 6.00. The fraction of sp³-hybridized carbons (Fsp3) is 0.206. The van der Waals surface area contributed by atoms with E-state index < -0.39 is 45.9 Å². The zero-order valence-corrected chi connectivity index (χ0v) is 24.4. The van der Waals surface area contributed by atoms with Gasteiger partial charge in [0, 0.05) is 5.69 Å². The summed E-state index contributed by atoms with van der Waals surface area (Å²) in [4.78, 5) is 39.5. The van der Waals surface area contributed by atoms with Crippen LogP contribution in [0.1, 0.15) is 33.4 Å². The summed E-state index contributed by atoms with van der Waals surface area (Å²) in [5.74, 6) is -2.01. The van der Waals surface area contributed by atoms with Crippen LogP contribution in [0.15, 0.2) is 91.0 Å². The highest BCUT2D eigenvalue weighted by Crippen LogP contribution is 2.69. The molecule has 2 atom stereocenters. The second kappa shape index (κ2) is 9.45. The number of hydrogen-bond acceptors (Lipinski definition) is 4. The Kier molecular flexibility index (Phi) is 6.02. The van der Waals surface area contributed by atoms with Gasteiger partial charge in [-0.15, -0.1) is 23.2 Å². The molecule has 42 heavy (non-hydrogen) atoms. The molecule has 1 aliphatic heterocycles. The summed E-state index contributed by atoms with van der Waals surface area (Å²) in [6.45, 7) is 3.57. The van der Waals surface area contributed by atoms with Gasteiger partial charge >= 0.3 is 0 Å². The third-order valence-electron chi connectivity index (χ3n) is 8.90. The fourth-order valence-corrected chi connectivity index (χ4v) is 7.89. The first-order valence-electron chi connectivity index (χ1n) is 13.7. The SMILES string of the molecule is Cc1cccc(Oc2ccc(NC(=O)CN3C(=O)[C@@H]4[C@@H](C3=O)C3(Cl)c5ccccc5C4(Cl)c4ccccc43)cc2)c1C. The Balaban J connectivity index is 1.13. The van der Waals surface area contributed by atoms with Crippen LogP contribution in [0.2, 0.25) is 0 Å².